The summed E-state index contributed by atoms with van der Waals surface area (Å²) < 4.78 is 1.71. The zero-order valence-electron chi connectivity index (χ0n) is 19.1. The van der Waals surface area contributed by atoms with Crippen LogP contribution < -0.4 is 10.6 Å². The third kappa shape index (κ3) is 5.64. The Balaban J connectivity index is 1.46. The molecule has 1 fully saturated rings. The Hall–Kier alpha value is -3.63. The van der Waals surface area contributed by atoms with Crippen LogP contribution in [-0.2, 0) is 4.79 Å². The molecule has 0 radical (unpaired) electrons. The monoisotopic (exact) mass is 475 g/mol. The highest BCUT2D eigenvalue weighted by Crippen LogP contribution is 2.31. The summed E-state index contributed by atoms with van der Waals surface area (Å²) >= 11 is 6.35. The molecule has 1 aliphatic carbocycles. The maximum atomic E-state index is 13.1. The van der Waals surface area contributed by atoms with Crippen molar-refractivity contribution < 1.29 is 9.59 Å². The molecule has 2 aromatic heterocycles. The molecule has 1 saturated carbocycles. The quantitative estimate of drug-likeness (QED) is 0.543. The van der Waals surface area contributed by atoms with Gasteiger partial charge in [-0.25, -0.2) is 4.98 Å². The Kier molecular flexibility index (Phi) is 7.29. The maximum Gasteiger partial charge on any atom is 0.276 e. The number of aryl methyl sites for hydroxylation is 1. The van der Waals surface area contributed by atoms with Crippen LogP contribution in [0.4, 0.5) is 5.82 Å². The number of benzene rings is 1. The normalized spacial score (nSPS) is 17.4. The lowest BCUT2D eigenvalue weighted by molar-refractivity contribution is -0.119. The van der Waals surface area contributed by atoms with E-state index in [1.165, 1.54) is 13.1 Å². The van der Waals surface area contributed by atoms with Crippen LogP contribution in [0.15, 0.2) is 48.8 Å². The molecule has 174 valence electrons. The fourth-order valence-electron chi connectivity index (χ4n) is 4.19. The van der Waals surface area contributed by atoms with Gasteiger partial charge in [0.25, 0.3) is 5.91 Å². The van der Waals surface area contributed by atoms with Crippen molar-refractivity contribution >= 4 is 29.2 Å². The number of anilines is 1. The van der Waals surface area contributed by atoms with E-state index in [1.54, 1.807) is 10.9 Å². The third-order valence-electron chi connectivity index (χ3n) is 5.85. The van der Waals surface area contributed by atoms with Crippen molar-refractivity contribution in [3.05, 3.63) is 76.2 Å². The Morgan fingerprint density at radius 1 is 1.06 bits per heavy atom. The van der Waals surface area contributed by atoms with Crippen LogP contribution in [0.5, 0.6) is 0 Å². The van der Waals surface area contributed by atoms with Crippen LogP contribution in [0.25, 0.3) is 0 Å². The molecule has 2 N–H and O–H groups in total. The van der Waals surface area contributed by atoms with E-state index in [-0.39, 0.29) is 23.9 Å². The lowest BCUT2D eigenvalue weighted by atomic mass is 9.91. The van der Waals surface area contributed by atoms with Gasteiger partial charge in [-0.1, -0.05) is 41.6 Å². The molecule has 2 heterocycles. The van der Waals surface area contributed by atoms with Crippen LogP contribution in [0.2, 0.25) is 5.02 Å². The van der Waals surface area contributed by atoms with Crippen LogP contribution in [0.1, 0.15) is 65.8 Å². The van der Waals surface area contributed by atoms with Crippen molar-refractivity contribution in [3.63, 3.8) is 0 Å². The minimum absolute atomic E-state index is 0.0226. The molecule has 8 heteroatoms. The van der Waals surface area contributed by atoms with Gasteiger partial charge in [0.2, 0.25) is 5.91 Å². The van der Waals surface area contributed by atoms with E-state index in [0.29, 0.717) is 16.5 Å². The van der Waals surface area contributed by atoms with E-state index in [4.69, 9.17) is 11.6 Å². The molecule has 2 amide bonds. The van der Waals surface area contributed by atoms with Gasteiger partial charge in [-0.2, -0.15) is 5.10 Å². The van der Waals surface area contributed by atoms with Crippen molar-refractivity contribution in [2.24, 2.45) is 0 Å². The van der Waals surface area contributed by atoms with Crippen molar-refractivity contribution in [1.82, 2.24) is 20.1 Å². The van der Waals surface area contributed by atoms with E-state index < -0.39 is 0 Å². The third-order valence-corrected chi connectivity index (χ3v) is 6.13. The number of nitrogens with one attached hydrogen (secondary N) is 2. The number of amides is 2. The van der Waals surface area contributed by atoms with Gasteiger partial charge in [0.1, 0.15) is 11.5 Å². The number of pyridine rings is 1. The van der Waals surface area contributed by atoms with E-state index in [1.807, 2.05) is 43.3 Å². The summed E-state index contributed by atoms with van der Waals surface area (Å²) in [5.41, 5.74) is 2.80. The second kappa shape index (κ2) is 10.5. The topological polar surface area (TPSA) is 88.9 Å². The summed E-state index contributed by atoms with van der Waals surface area (Å²) in [4.78, 5) is 28.9. The van der Waals surface area contributed by atoms with Gasteiger partial charge in [-0.3, -0.25) is 14.3 Å². The Labute approximate surface area is 203 Å². The van der Waals surface area contributed by atoms with Crippen molar-refractivity contribution in [2.45, 2.75) is 51.6 Å². The van der Waals surface area contributed by atoms with Crippen LogP contribution in [-0.4, -0.2) is 32.6 Å². The summed E-state index contributed by atoms with van der Waals surface area (Å²) in [6, 6.07) is 11.8. The van der Waals surface area contributed by atoms with Gasteiger partial charge in [0.15, 0.2) is 0 Å². The summed E-state index contributed by atoms with van der Waals surface area (Å²) in [5.74, 6) is 6.28. The Bertz CT molecular complexity index is 1250. The molecular weight excluding hydrogens is 450 g/mol. The standard InChI is InChI=1S/C26H26ClN5O2/c1-17-14-20(9-8-19-6-4-3-5-7-19)15-28-25(17)31-26(34)24-23(27)16-29-32(24)22-12-10-21(11-13-22)30-18(2)33/h3-7,14-16,21-22H,10-13H2,1-2H3,(H,30,33)(H,28,31,34)/t21-,22-. The lowest BCUT2D eigenvalue weighted by Gasteiger charge is -2.29. The maximum absolute atomic E-state index is 13.1. The first kappa shape index (κ1) is 23.5. The largest absolute Gasteiger partial charge is 0.354 e. The molecule has 3 aromatic rings. The summed E-state index contributed by atoms with van der Waals surface area (Å²) in [7, 11) is 0. The SMILES string of the molecule is CC(=O)N[C@H]1CC[C@H](n2ncc(Cl)c2C(=O)Nc2ncc(C#Cc3ccccc3)cc2C)CC1. The zero-order valence-corrected chi connectivity index (χ0v) is 19.9. The average Bonchev–Trinajstić information content (AvgIpc) is 3.21. The van der Waals surface area contributed by atoms with Crippen molar-refractivity contribution in [3.8, 4) is 11.8 Å². The fraction of sp³-hybridized carbons (Fsp3) is 0.308. The van der Waals surface area contributed by atoms with Crippen LogP contribution in [0, 0.1) is 18.8 Å². The zero-order chi connectivity index (χ0) is 24.1. The summed E-state index contributed by atoms with van der Waals surface area (Å²) in [5, 5.41) is 10.5. The molecule has 0 atom stereocenters. The first-order chi connectivity index (χ1) is 16.4. The number of hydrogen-bond acceptors (Lipinski definition) is 4. The fourth-order valence-corrected chi connectivity index (χ4v) is 4.41. The van der Waals surface area contributed by atoms with Crippen molar-refractivity contribution in [2.75, 3.05) is 5.32 Å². The number of rotatable bonds is 4. The van der Waals surface area contributed by atoms with Gasteiger partial charge >= 0.3 is 0 Å². The highest BCUT2D eigenvalue weighted by molar-refractivity contribution is 6.34. The molecule has 0 spiro atoms. The second-order valence-electron chi connectivity index (χ2n) is 8.45. The average molecular weight is 476 g/mol. The van der Waals surface area contributed by atoms with Gasteiger partial charge in [-0.15, -0.1) is 0 Å². The minimum atomic E-state index is -0.356. The minimum Gasteiger partial charge on any atom is -0.354 e. The summed E-state index contributed by atoms with van der Waals surface area (Å²) in [6.07, 6.45) is 6.40. The molecule has 0 aliphatic heterocycles. The first-order valence-electron chi connectivity index (χ1n) is 11.3. The smallest absolute Gasteiger partial charge is 0.276 e. The Morgan fingerprint density at radius 2 is 1.76 bits per heavy atom. The lowest BCUT2D eigenvalue weighted by Crippen LogP contribution is -2.37. The predicted molar refractivity (Wildman–Crippen MR) is 132 cm³/mol. The molecule has 0 unspecified atom stereocenters. The number of hydrogen-bond donors (Lipinski definition) is 2. The van der Waals surface area contributed by atoms with E-state index in [9.17, 15) is 9.59 Å². The number of carbonyl (C=O) groups excluding carboxylic acids is 2. The van der Waals surface area contributed by atoms with Crippen LogP contribution in [0.3, 0.4) is 0 Å². The molecule has 7 nitrogen and oxygen atoms in total. The van der Waals surface area contributed by atoms with Crippen LogP contribution >= 0.6 is 11.6 Å². The highest BCUT2D eigenvalue weighted by Gasteiger charge is 2.28. The molecule has 34 heavy (non-hydrogen) atoms. The molecule has 1 aromatic carbocycles. The first-order valence-corrected chi connectivity index (χ1v) is 11.6. The molecule has 4 rings (SSSR count). The van der Waals surface area contributed by atoms with E-state index in [2.05, 4.69) is 32.6 Å². The Morgan fingerprint density at radius 3 is 2.44 bits per heavy atom. The van der Waals surface area contributed by atoms with E-state index in [0.717, 1.165) is 42.4 Å². The molecule has 0 bridgehead atoms. The number of carbonyl (C=O) groups is 2. The number of nitrogens with zero attached hydrogens (tertiary/aromatic N) is 3. The van der Waals surface area contributed by atoms with Crippen molar-refractivity contribution in [1.29, 1.82) is 0 Å². The van der Waals surface area contributed by atoms with Gasteiger partial charge in [0.05, 0.1) is 17.3 Å². The number of halogens is 1. The van der Waals surface area contributed by atoms with E-state index >= 15 is 0 Å². The number of aromatic nitrogens is 3. The molecular formula is C26H26ClN5O2. The summed E-state index contributed by atoms with van der Waals surface area (Å²) in [6.45, 7) is 3.40. The molecule has 0 saturated heterocycles. The molecule has 1 aliphatic rings. The van der Waals surface area contributed by atoms with Gasteiger partial charge in [-0.05, 0) is 56.4 Å². The van der Waals surface area contributed by atoms with Gasteiger partial charge < -0.3 is 10.6 Å². The second-order valence-corrected chi connectivity index (χ2v) is 8.86. The predicted octanol–water partition coefficient (Wildman–Crippen LogP) is 4.51. The van der Waals surface area contributed by atoms with Gasteiger partial charge in [0, 0.05) is 30.3 Å². The highest BCUT2D eigenvalue weighted by atomic mass is 35.5.